The predicted octanol–water partition coefficient (Wildman–Crippen LogP) is 3.91. The van der Waals surface area contributed by atoms with Gasteiger partial charge >= 0.3 is 11.6 Å². The van der Waals surface area contributed by atoms with Crippen LogP contribution in [0.2, 0.25) is 0 Å². The summed E-state index contributed by atoms with van der Waals surface area (Å²) < 4.78 is 10.9. The number of thiophene rings is 1. The lowest BCUT2D eigenvalue weighted by Crippen LogP contribution is -2.26. The highest BCUT2D eigenvalue weighted by atomic mass is 32.1. The van der Waals surface area contributed by atoms with Crippen molar-refractivity contribution in [2.45, 2.75) is 26.2 Å². The molecule has 1 atom stereocenters. The number of carbonyl (C=O) groups excluding carboxylic acids is 1. The van der Waals surface area contributed by atoms with E-state index >= 15 is 0 Å². The largest absolute Gasteiger partial charge is 0.425 e. The predicted molar refractivity (Wildman–Crippen MR) is 88.4 cm³/mol. The molecule has 0 aliphatic carbocycles. The minimum atomic E-state index is -0.431. The molecule has 2 aromatic heterocycles. The third-order valence-electron chi connectivity index (χ3n) is 4.19. The number of esters is 1. The highest BCUT2D eigenvalue weighted by molar-refractivity contribution is 7.12. The second kappa shape index (κ2) is 5.06. The lowest BCUT2D eigenvalue weighted by molar-refractivity contribution is -0.135. The Bertz CT molecular complexity index is 996. The van der Waals surface area contributed by atoms with Crippen molar-refractivity contribution in [1.29, 1.82) is 0 Å². The van der Waals surface area contributed by atoms with Crippen LogP contribution in [-0.2, 0) is 4.79 Å². The molecule has 0 unspecified atom stereocenters. The summed E-state index contributed by atoms with van der Waals surface area (Å²) in [5.74, 6) is -0.278. The summed E-state index contributed by atoms with van der Waals surface area (Å²) in [5.41, 5.74) is 1.46. The van der Waals surface area contributed by atoms with Gasteiger partial charge in [-0.2, -0.15) is 0 Å². The fourth-order valence-corrected chi connectivity index (χ4v) is 4.22. The third kappa shape index (κ3) is 2.19. The first-order valence-electron chi connectivity index (χ1n) is 7.38. The highest BCUT2D eigenvalue weighted by Crippen LogP contribution is 2.42. The number of aryl methyl sites for hydroxylation is 2. The van der Waals surface area contributed by atoms with Gasteiger partial charge in [0.05, 0.1) is 17.4 Å². The van der Waals surface area contributed by atoms with Gasteiger partial charge in [-0.05, 0) is 37.6 Å². The van der Waals surface area contributed by atoms with Crippen molar-refractivity contribution in [1.82, 2.24) is 0 Å². The SMILES string of the molecule is Cc1cc([C@H]2CC(=O)Oc3c2c(=O)oc2ccccc32)c(C)s1. The number of hydrogen-bond acceptors (Lipinski definition) is 5. The lowest BCUT2D eigenvalue weighted by atomic mass is 9.87. The van der Waals surface area contributed by atoms with E-state index < -0.39 is 5.63 Å². The van der Waals surface area contributed by atoms with Gasteiger partial charge in [-0.15, -0.1) is 11.3 Å². The molecule has 5 heteroatoms. The van der Waals surface area contributed by atoms with E-state index in [4.69, 9.17) is 9.15 Å². The Kier molecular flexibility index (Phi) is 3.13. The number of benzene rings is 1. The molecule has 0 fully saturated rings. The van der Waals surface area contributed by atoms with E-state index in [0.29, 0.717) is 22.3 Å². The van der Waals surface area contributed by atoms with Gasteiger partial charge < -0.3 is 9.15 Å². The monoisotopic (exact) mass is 326 g/mol. The van der Waals surface area contributed by atoms with E-state index in [1.165, 1.54) is 0 Å². The minimum absolute atomic E-state index is 0.160. The molecule has 0 spiro atoms. The van der Waals surface area contributed by atoms with Gasteiger partial charge in [0.25, 0.3) is 0 Å². The molecule has 1 aliphatic heterocycles. The summed E-state index contributed by atoms with van der Waals surface area (Å²) in [6, 6.07) is 9.17. The lowest BCUT2D eigenvalue weighted by Gasteiger charge is -2.24. The zero-order valence-corrected chi connectivity index (χ0v) is 13.5. The molecule has 0 saturated carbocycles. The Hall–Kier alpha value is -2.40. The van der Waals surface area contributed by atoms with E-state index in [1.807, 2.05) is 26.0 Å². The Labute approximate surface area is 136 Å². The zero-order chi connectivity index (χ0) is 16.1. The van der Waals surface area contributed by atoms with Gasteiger partial charge in [0.1, 0.15) is 5.58 Å². The molecule has 4 rings (SSSR count). The maximum absolute atomic E-state index is 12.5. The summed E-state index contributed by atoms with van der Waals surface area (Å²) in [7, 11) is 0. The van der Waals surface area contributed by atoms with Crippen LogP contribution in [0.15, 0.2) is 39.5 Å². The first kappa shape index (κ1) is 14.2. The Morgan fingerprint density at radius 1 is 1.17 bits per heavy atom. The standard InChI is InChI=1S/C18H14O4S/c1-9-7-12(10(2)23-9)13-8-15(19)22-17-11-5-3-4-6-14(11)21-18(20)16(13)17/h3-7,13H,8H2,1-2H3/t13-/m1/s1. The molecule has 1 aliphatic rings. The van der Waals surface area contributed by atoms with E-state index in [1.54, 1.807) is 29.5 Å². The molecular formula is C18H14O4S. The fourth-order valence-electron chi connectivity index (χ4n) is 3.23. The van der Waals surface area contributed by atoms with E-state index in [0.717, 1.165) is 15.3 Å². The normalized spacial score (nSPS) is 17.1. The van der Waals surface area contributed by atoms with Gasteiger partial charge in [0.15, 0.2) is 5.75 Å². The summed E-state index contributed by atoms with van der Waals surface area (Å²) in [6.07, 6.45) is 0.160. The molecule has 1 aromatic carbocycles. The molecular weight excluding hydrogens is 312 g/mol. The molecule has 0 amide bonds. The Morgan fingerprint density at radius 2 is 1.96 bits per heavy atom. The van der Waals surface area contributed by atoms with Crippen molar-refractivity contribution >= 4 is 28.3 Å². The number of rotatable bonds is 1. The number of hydrogen-bond donors (Lipinski definition) is 0. The van der Waals surface area contributed by atoms with Crippen molar-refractivity contribution in [2.75, 3.05) is 0 Å². The van der Waals surface area contributed by atoms with Crippen LogP contribution in [0.3, 0.4) is 0 Å². The van der Waals surface area contributed by atoms with Crippen molar-refractivity contribution in [3.8, 4) is 5.75 Å². The van der Waals surface area contributed by atoms with Crippen molar-refractivity contribution in [3.05, 3.63) is 61.6 Å². The zero-order valence-electron chi connectivity index (χ0n) is 12.7. The molecule has 0 saturated heterocycles. The van der Waals surface area contributed by atoms with Gasteiger partial charge in [-0.1, -0.05) is 12.1 Å². The number of ether oxygens (including phenoxy) is 1. The Morgan fingerprint density at radius 3 is 2.70 bits per heavy atom. The molecule has 23 heavy (non-hydrogen) atoms. The molecule has 0 N–H and O–H groups in total. The topological polar surface area (TPSA) is 56.5 Å². The van der Waals surface area contributed by atoms with Crippen molar-refractivity contribution < 1.29 is 13.9 Å². The van der Waals surface area contributed by atoms with E-state index in [2.05, 4.69) is 0 Å². The maximum Gasteiger partial charge on any atom is 0.343 e. The number of fused-ring (bicyclic) bond motifs is 3. The van der Waals surface area contributed by atoms with Crippen LogP contribution in [0.4, 0.5) is 0 Å². The smallest absolute Gasteiger partial charge is 0.343 e. The second-order valence-corrected chi connectivity index (χ2v) is 7.19. The van der Waals surface area contributed by atoms with Crippen LogP contribution < -0.4 is 10.4 Å². The van der Waals surface area contributed by atoms with E-state index in [9.17, 15) is 9.59 Å². The summed E-state index contributed by atoms with van der Waals surface area (Å²) in [6.45, 7) is 4.03. The first-order chi connectivity index (χ1) is 11.0. The molecule has 4 nitrogen and oxygen atoms in total. The summed E-state index contributed by atoms with van der Waals surface area (Å²) in [4.78, 5) is 26.9. The van der Waals surface area contributed by atoms with Gasteiger partial charge in [-0.3, -0.25) is 4.79 Å². The van der Waals surface area contributed by atoms with Gasteiger partial charge in [0.2, 0.25) is 0 Å². The van der Waals surface area contributed by atoms with Crippen molar-refractivity contribution in [2.24, 2.45) is 0 Å². The Balaban J connectivity index is 2.04. The first-order valence-corrected chi connectivity index (χ1v) is 8.19. The van der Waals surface area contributed by atoms with Crippen LogP contribution >= 0.6 is 11.3 Å². The second-order valence-electron chi connectivity index (χ2n) is 5.73. The van der Waals surface area contributed by atoms with Gasteiger partial charge in [0, 0.05) is 15.7 Å². The van der Waals surface area contributed by atoms with Crippen LogP contribution in [0.5, 0.6) is 5.75 Å². The highest BCUT2D eigenvalue weighted by Gasteiger charge is 2.34. The molecule has 3 aromatic rings. The average Bonchev–Trinajstić information content (AvgIpc) is 2.85. The van der Waals surface area contributed by atoms with Crippen LogP contribution in [0.1, 0.15) is 33.2 Å². The molecule has 0 bridgehead atoms. The summed E-state index contributed by atoms with van der Waals surface area (Å²) >= 11 is 1.66. The molecule has 116 valence electrons. The average molecular weight is 326 g/mol. The van der Waals surface area contributed by atoms with E-state index in [-0.39, 0.29) is 18.3 Å². The maximum atomic E-state index is 12.5. The van der Waals surface area contributed by atoms with Gasteiger partial charge in [-0.25, -0.2) is 4.79 Å². The minimum Gasteiger partial charge on any atom is -0.425 e. The number of para-hydroxylation sites is 1. The van der Waals surface area contributed by atoms with Crippen LogP contribution in [0, 0.1) is 13.8 Å². The summed E-state index contributed by atoms with van der Waals surface area (Å²) in [5, 5.41) is 0.657. The van der Waals surface area contributed by atoms with Crippen LogP contribution in [0.25, 0.3) is 11.0 Å². The quantitative estimate of drug-likeness (QED) is 0.502. The van der Waals surface area contributed by atoms with Crippen LogP contribution in [-0.4, -0.2) is 5.97 Å². The molecule has 3 heterocycles. The third-order valence-corrected chi connectivity index (χ3v) is 5.17. The molecule has 0 radical (unpaired) electrons. The van der Waals surface area contributed by atoms with Crippen molar-refractivity contribution in [3.63, 3.8) is 0 Å². The number of carbonyl (C=O) groups is 1. The fraction of sp³-hybridized carbons (Fsp3) is 0.222.